The van der Waals surface area contributed by atoms with Gasteiger partial charge in [0.2, 0.25) is 0 Å². The highest BCUT2D eigenvalue weighted by Crippen LogP contribution is 2.20. The maximum atomic E-state index is 12.3. The van der Waals surface area contributed by atoms with Crippen LogP contribution in [0.5, 0.6) is 0 Å². The fourth-order valence-corrected chi connectivity index (χ4v) is 1.07. The summed E-state index contributed by atoms with van der Waals surface area (Å²) in [5.74, 6) is -0.176. The Kier molecular flexibility index (Phi) is 4.98. The van der Waals surface area contributed by atoms with E-state index in [4.69, 9.17) is 0 Å². The standard InChI is InChI=1S/C11H20F3NO/c1-8(2)15(7-11(12,13)14)6-9(16)10(3,4)5/h8H,6-7H2,1-5H3. The van der Waals surface area contributed by atoms with E-state index in [1.165, 1.54) is 0 Å². The summed E-state index contributed by atoms with van der Waals surface area (Å²) < 4.78 is 36.8. The van der Waals surface area contributed by atoms with Gasteiger partial charge in [-0.3, -0.25) is 9.69 Å². The highest BCUT2D eigenvalue weighted by molar-refractivity contribution is 5.85. The third-order valence-corrected chi connectivity index (χ3v) is 2.30. The summed E-state index contributed by atoms with van der Waals surface area (Å²) in [5, 5.41) is 0. The molecule has 0 heterocycles. The van der Waals surface area contributed by atoms with E-state index >= 15 is 0 Å². The first-order valence-electron chi connectivity index (χ1n) is 5.27. The molecule has 0 saturated heterocycles. The fraction of sp³-hybridized carbons (Fsp3) is 0.909. The van der Waals surface area contributed by atoms with Crippen molar-refractivity contribution in [1.82, 2.24) is 4.90 Å². The molecule has 96 valence electrons. The number of hydrogen-bond acceptors (Lipinski definition) is 2. The topological polar surface area (TPSA) is 20.3 Å². The van der Waals surface area contributed by atoms with E-state index in [1.54, 1.807) is 34.6 Å². The molecule has 0 amide bonds. The molecule has 0 radical (unpaired) electrons. The predicted molar refractivity (Wildman–Crippen MR) is 57.2 cm³/mol. The lowest BCUT2D eigenvalue weighted by atomic mass is 9.90. The predicted octanol–water partition coefficient (Wildman–Crippen LogP) is 2.87. The van der Waals surface area contributed by atoms with E-state index in [-0.39, 0.29) is 18.4 Å². The van der Waals surface area contributed by atoms with Crippen molar-refractivity contribution in [3.8, 4) is 0 Å². The summed E-state index contributed by atoms with van der Waals surface area (Å²) in [6.07, 6.45) is -4.26. The SMILES string of the molecule is CC(C)N(CC(=O)C(C)(C)C)CC(F)(F)F. The molecule has 0 aliphatic heterocycles. The van der Waals surface area contributed by atoms with Crippen molar-refractivity contribution in [2.24, 2.45) is 5.41 Å². The Hall–Kier alpha value is -0.580. The van der Waals surface area contributed by atoms with E-state index in [0.717, 1.165) is 4.90 Å². The van der Waals surface area contributed by atoms with Gasteiger partial charge in [0.25, 0.3) is 0 Å². The lowest BCUT2D eigenvalue weighted by molar-refractivity contribution is -0.153. The highest BCUT2D eigenvalue weighted by Gasteiger charge is 2.34. The number of halogens is 3. The Bertz CT molecular complexity index is 241. The summed E-state index contributed by atoms with van der Waals surface area (Å²) >= 11 is 0. The van der Waals surface area contributed by atoms with Crippen LogP contribution in [-0.4, -0.2) is 36.0 Å². The van der Waals surface area contributed by atoms with Crippen LogP contribution >= 0.6 is 0 Å². The average Bonchev–Trinajstić information content (AvgIpc) is 1.98. The first-order valence-corrected chi connectivity index (χ1v) is 5.27. The number of ketones is 1. The van der Waals surface area contributed by atoms with Crippen LogP contribution in [0.3, 0.4) is 0 Å². The zero-order chi connectivity index (χ0) is 13.1. The molecule has 0 aliphatic carbocycles. The molecule has 0 bridgehead atoms. The summed E-state index contributed by atoms with van der Waals surface area (Å²) in [6, 6.07) is -0.298. The van der Waals surface area contributed by atoms with E-state index in [1.807, 2.05) is 0 Å². The first-order chi connectivity index (χ1) is 6.93. The number of carbonyl (C=O) groups excluding carboxylic acids is 1. The van der Waals surface area contributed by atoms with Crippen LogP contribution in [-0.2, 0) is 4.79 Å². The number of carbonyl (C=O) groups is 1. The Labute approximate surface area is 94.8 Å². The van der Waals surface area contributed by atoms with Crippen molar-refractivity contribution in [2.75, 3.05) is 13.1 Å². The molecule has 2 nitrogen and oxygen atoms in total. The quantitative estimate of drug-likeness (QED) is 0.751. The van der Waals surface area contributed by atoms with Gasteiger partial charge in [-0.1, -0.05) is 20.8 Å². The Morgan fingerprint density at radius 3 is 1.88 bits per heavy atom. The number of hydrogen-bond donors (Lipinski definition) is 0. The van der Waals surface area contributed by atoms with Crippen LogP contribution in [0.2, 0.25) is 0 Å². The van der Waals surface area contributed by atoms with Crippen molar-refractivity contribution in [2.45, 2.75) is 46.8 Å². The lowest BCUT2D eigenvalue weighted by Crippen LogP contribution is -2.44. The number of alkyl halides is 3. The normalized spacial score (nSPS) is 13.6. The molecule has 0 spiro atoms. The molecule has 5 heteroatoms. The van der Waals surface area contributed by atoms with Crippen LogP contribution in [0.4, 0.5) is 13.2 Å². The monoisotopic (exact) mass is 239 g/mol. The van der Waals surface area contributed by atoms with Crippen LogP contribution in [0, 0.1) is 5.41 Å². The zero-order valence-corrected chi connectivity index (χ0v) is 10.5. The zero-order valence-electron chi connectivity index (χ0n) is 10.5. The highest BCUT2D eigenvalue weighted by atomic mass is 19.4. The molecule has 0 saturated carbocycles. The third kappa shape index (κ3) is 6.10. The van der Waals surface area contributed by atoms with E-state index in [0.29, 0.717) is 0 Å². The molecule has 16 heavy (non-hydrogen) atoms. The van der Waals surface area contributed by atoms with Gasteiger partial charge < -0.3 is 0 Å². The van der Waals surface area contributed by atoms with Gasteiger partial charge in [-0.15, -0.1) is 0 Å². The third-order valence-electron chi connectivity index (χ3n) is 2.30. The maximum absolute atomic E-state index is 12.3. The van der Waals surface area contributed by atoms with Crippen molar-refractivity contribution >= 4 is 5.78 Å². The second kappa shape index (κ2) is 5.17. The summed E-state index contributed by atoms with van der Waals surface area (Å²) in [6.45, 7) is 7.25. The van der Waals surface area contributed by atoms with Crippen molar-refractivity contribution in [1.29, 1.82) is 0 Å². The Balaban J connectivity index is 4.54. The van der Waals surface area contributed by atoms with Gasteiger partial charge >= 0.3 is 6.18 Å². The largest absolute Gasteiger partial charge is 0.401 e. The van der Waals surface area contributed by atoms with Gasteiger partial charge in [-0.25, -0.2) is 0 Å². The van der Waals surface area contributed by atoms with Gasteiger partial charge in [-0.05, 0) is 13.8 Å². The second-order valence-electron chi connectivity index (χ2n) is 5.29. The Morgan fingerprint density at radius 2 is 1.62 bits per heavy atom. The maximum Gasteiger partial charge on any atom is 0.401 e. The second-order valence-corrected chi connectivity index (χ2v) is 5.29. The fourth-order valence-electron chi connectivity index (χ4n) is 1.07. The molecule has 0 rings (SSSR count). The molecule has 0 atom stereocenters. The Morgan fingerprint density at radius 1 is 1.19 bits per heavy atom. The molecular weight excluding hydrogens is 219 g/mol. The molecule has 0 aromatic heterocycles. The molecule has 0 unspecified atom stereocenters. The smallest absolute Gasteiger partial charge is 0.298 e. The van der Waals surface area contributed by atoms with Gasteiger partial charge in [0.15, 0.2) is 5.78 Å². The minimum Gasteiger partial charge on any atom is -0.298 e. The van der Waals surface area contributed by atoms with Gasteiger partial charge in [0.1, 0.15) is 0 Å². The molecule has 0 N–H and O–H groups in total. The average molecular weight is 239 g/mol. The molecule has 0 aromatic rings. The summed E-state index contributed by atoms with van der Waals surface area (Å²) in [5.41, 5.74) is -0.598. The number of nitrogens with zero attached hydrogens (tertiary/aromatic N) is 1. The van der Waals surface area contributed by atoms with Crippen LogP contribution in [0.15, 0.2) is 0 Å². The molecule has 0 fully saturated rings. The first kappa shape index (κ1) is 15.4. The minimum atomic E-state index is -4.26. The van der Waals surface area contributed by atoms with Gasteiger partial charge in [0, 0.05) is 11.5 Å². The summed E-state index contributed by atoms with van der Waals surface area (Å²) in [4.78, 5) is 12.8. The minimum absolute atomic E-state index is 0.152. The van der Waals surface area contributed by atoms with E-state index in [2.05, 4.69) is 0 Å². The van der Waals surface area contributed by atoms with Gasteiger partial charge in [0.05, 0.1) is 13.1 Å². The molecule has 0 aliphatic rings. The van der Waals surface area contributed by atoms with E-state index in [9.17, 15) is 18.0 Å². The van der Waals surface area contributed by atoms with Crippen molar-refractivity contribution < 1.29 is 18.0 Å². The van der Waals surface area contributed by atoms with Crippen LogP contribution in [0.25, 0.3) is 0 Å². The van der Waals surface area contributed by atoms with Crippen molar-refractivity contribution in [3.05, 3.63) is 0 Å². The summed E-state index contributed by atoms with van der Waals surface area (Å²) in [7, 11) is 0. The van der Waals surface area contributed by atoms with Crippen molar-refractivity contribution in [3.63, 3.8) is 0 Å². The van der Waals surface area contributed by atoms with Crippen LogP contribution < -0.4 is 0 Å². The van der Waals surface area contributed by atoms with Crippen LogP contribution in [0.1, 0.15) is 34.6 Å². The van der Waals surface area contributed by atoms with Gasteiger partial charge in [-0.2, -0.15) is 13.2 Å². The van der Waals surface area contributed by atoms with E-state index < -0.39 is 18.1 Å². The lowest BCUT2D eigenvalue weighted by Gasteiger charge is -2.29. The molecule has 0 aromatic carbocycles. The molecular formula is C11H20F3NO. The number of Topliss-reactive ketones (excluding diaryl/α,β-unsaturated/α-hetero) is 1. The number of rotatable bonds is 4.